The minimum atomic E-state index is -0.327. The summed E-state index contributed by atoms with van der Waals surface area (Å²) in [7, 11) is 0. The monoisotopic (exact) mass is 382 g/mol. The first-order valence-electron chi connectivity index (χ1n) is 5.18. The van der Waals surface area contributed by atoms with Gasteiger partial charge in [-0.1, -0.05) is 40.9 Å². The Morgan fingerprint density at radius 2 is 1.68 bits per heavy atom. The molecule has 0 bridgehead atoms. The van der Waals surface area contributed by atoms with E-state index in [1.54, 1.807) is 24.3 Å². The zero-order valence-corrected chi connectivity index (χ0v) is 13.2. The highest BCUT2D eigenvalue weighted by atomic mass is 79.9. The molecule has 0 aliphatic heterocycles. The third-order valence-corrected chi connectivity index (χ3v) is 3.72. The van der Waals surface area contributed by atoms with Gasteiger partial charge in [0.1, 0.15) is 12.4 Å². The summed E-state index contributed by atoms with van der Waals surface area (Å²) in [6.45, 7) is 0.222. The predicted molar refractivity (Wildman–Crippen MR) is 79.9 cm³/mol. The van der Waals surface area contributed by atoms with E-state index in [0.29, 0.717) is 25.3 Å². The van der Waals surface area contributed by atoms with Crippen LogP contribution in [-0.4, -0.2) is 0 Å². The Hall–Kier alpha value is -0.480. The van der Waals surface area contributed by atoms with Crippen LogP contribution in [0.3, 0.4) is 0 Å². The van der Waals surface area contributed by atoms with Crippen molar-refractivity contribution in [3.63, 3.8) is 0 Å². The number of hydrogen-bond donors (Lipinski definition) is 0. The molecular formula is C13H7BrCl3FO. The molecule has 0 heterocycles. The average molecular weight is 384 g/mol. The lowest BCUT2D eigenvalue weighted by atomic mass is 10.2. The summed E-state index contributed by atoms with van der Waals surface area (Å²) < 4.78 is 19.0. The fourth-order valence-corrected chi connectivity index (χ4v) is 2.80. The van der Waals surface area contributed by atoms with Crippen LogP contribution < -0.4 is 4.74 Å². The van der Waals surface area contributed by atoms with Gasteiger partial charge < -0.3 is 4.74 Å². The SMILES string of the molecule is Fc1ccc(COc2c(Cl)cc(Cl)cc2Cl)cc1Br. The second kappa shape index (κ2) is 6.31. The molecule has 19 heavy (non-hydrogen) atoms. The van der Waals surface area contributed by atoms with Gasteiger partial charge in [-0.25, -0.2) is 4.39 Å². The van der Waals surface area contributed by atoms with Gasteiger partial charge in [-0.3, -0.25) is 0 Å². The number of hydrogen-bond acceptors (Lipinski definition) is 1. The molecule has 0 atom stereocenters. The Bertz CT molecular complexity index is 596. The number of halogens is 5. The second-order valence-corrected chi connectivity index (χ2v) is 5.84. The molecule has 0 saturated carbocycles. The molecule has 0 aromatic heterocycles. The lowest BCUT2D eigenvalue weighted by Gasteiger charge is -2.10. The molecule has 0 aliphatic rings. The molecule has 0 saturated heterocycles. The van der Waals surface area contributed by atoms with E-state index in [1.165, 1.54) is 6.07 Å². The van der Waals surface area contributed by atoms with Crippen LogP contribution in [0.25, 0.3) is 0 Å². The first-order valence-corrected chi connectivity index (χ1v) is 7.11. The zero-order chi connectivity index (χ0) is 14.0. The van der Waals surface area contributed by atoms with Gasteiger partial charge >= 0.3 is 0 Å². The van der Waals surface area contributed by atoms with Gasteiger partial charge in [0.15, 0.2) is 5.75 Å². The summed E-state index contributed by atoms with van der Waals surface area (Å²) in [5, 5.41) is 1.10. The molecule has 0 radical (unpaired) electrons. The van der Waals surface area contributed by atoms with E-state index in [1.807, 2.05) is 0 Å². The first kappa shape index (κ1) is 14.9. The van der Waals surface area contributed by atoms with Gasteiger partial charge in [-0.05, 0) is 45.8 Å². The highest BCUT2D eigenvalue weighted by Crippen LogP contribution is 2.36. The van der Waals surface area contributed by atoms with Gasteiger partial charge in [0, 0.05) is 5.02 Å². The molecule has 0 spiro atoms. The summed E-state index contributed by atoms with van der Waals surface area (Å²) in [4.78, 5) is 0. The number of benzene rings is 2. The fourth-order valence-electron chi connectivity index (χ4n) is 1.45. The maximum Gasteiger partial charge on any atom is 0.157 e. The first-order chi connectivity index (χ1) is 8.97. The lowest BCUT2D eigenvalue weighted by Crippen LogP contribution is -1.97. The van der Waals surface area contributed by atoms with Crippen molar-refractivity contribution >= 4 is 50.7 Å². The average Bonchev–Trinajstić information content (AvgIpc) is 2.32. The van der Waals surface area contributed by atoms with E-state index < -0.39 is 0 Å². The van der Waals surface area contributed by atoms with E-state index in [9.17, 15) is 4.39 Å². The Labute approximate surface area is 133 Å². The largest absolute Gasteiger partial charge is 0.486 e. The highest BCUT2D eigenvalue weighted by molar-refractivity contribution is 9.10. The Balaban J connectivity index is 2.16. The molecule has 6 heteroatoms. The van der Waals surface area contributed by atoms with E-state index in [0.717, 1.165) is 5.56 Å². The van der Waals surface area contributed by atoms with E-state index in [-0.39, 0.29) is 12.4 Å². The molecular weight excluding hydrogens is 377 g/mol. The quantitative estimate of drug-likeness (QED) is 0.619. The molecule has 100 valence electrons. The maximum atomic E-state index is 13.1. The van der Waals surface area contributed by atoms with Gasteiger partial charge in [0.25, 0.3) is 0 Å². The van der Waals surface area contributed by atoms with Crippen LogP contribution in [0.2, 0.25) is 15.1 Å². The van der Waals surface area contributed by atoms with Crippen LogP contribution in [0.4, 0.5) is 4.39 Å². The molecule has 2 aromatic rings. The molecule has 2 rings (SSSR count). The van der Waals surface area contributed by atoms with Crippen molar-refractivity contribution in [3.8, 4) is 5.75 Å². The molecule has 0 unspecified atom stereocenters. The van der Waals surface area contributed by atoms with Gasteiger partial charge in [0.05, 0.1) is 14.5 Å². The summed E-state index contributed by atoms with van der Waals surface area (Å²) >= 11 is 20.9. The molecule has 0 fully saturated rings. The van der Waals surface area contributed by atoms with E-state index in [4.69, 9.17) is 39.5 Å². The molecule has 0 amide bonds. The van der Waals surface area contributed by atoms with Gasteiger partial charge in [0.2, 0.25) is 0 Å². The number of rotatable bonds is 3. The highest BCUT2D eigenvalue weighted by Gasteiger charge is 2.10. The summed E-state index contributed by atoms with van der Waals surface area (Å²) in [6.07, 6.45) is 0. The van der Waals surface area contributed by atoms with Crippen LogP contribution in [0.1, 0.15) is 5.56 Å². The van der Waals surface area contributed by atoms with Crippen molar-refractivity contribution in [1.29, 1.82) is 0 Å². The fraction of sp³-hybridized carbons (Fsp3) is 0.0769. The van der Waals surface area contributed by atoms with Crippen molar-refractivity contribution in [2.24, 2.45) is 0 Å². The van der Waals surface area contributed by atoms with Crippen molar-refractivity contribution < 1.29 is 9.13 Å². The van der Waals surface area contributed by atoms with E-state index in [2.05, 4.69) is 15.9 Å². The summed E-state index contributed by atoms with van der Waals surface area (Å²) in [5.74, 6) is 0.0273. The van der Waals surface area contributed by atoms with Crippen molar-refractivity contribution in [3.05, 3.63) is 61.3 Å². The van der Waals surface area contributed by atoms with Crippen LogP contribution in [0.5, 0.6) is 5.75 Å². The van der Waals surface area contributed by atoms with Gasteiger partial charge in [-0.2, -0.15) is 0 Å². The Morgan fingerprint density at radius 3 is 2.26 bits per heavy atom. The number of ether oxygens (including phenoxy) is 1. The molecule has 0 aliphatic carbocycles. The Kier molecular flexibility index (Phi) is 4.96. The van der Waals surface area contributed by atoms with Crippen LogP contribution in [0, 0.1) is 5.82 Å². The Morgan fingerprint density at radius 1 is 1.05 bits per heavy atom. The minimum absolute atomic E-state index is 0.222. The van der Waals surface area contributed by atoms with Crippen LogP contribution >= 0.6 is 50.7 Å². The van der Waals surface area contributed by atoms with Crippen molar-refractivity contribution in [2.45, 2.75) is 6.61 Å². The predicted octanol–water partition coefficient (Wildman–Crippen LogP) is 6.13. The third-order valence-electron chi connectivity index (χ3n) is 2.33. The molecule has 1 nitrogen and oxygen atoms in total. The van der Waals surface area contributed by atoms with Crippen LogP contribution in [0.15, 0.2) is 34.8 Å². The molecule has 0 N–H and O–H groups in total. The third kappa shape index (κ3) is 3.76. The van der Waals surface area contributed by atoms with Crippen LogP contribution in [-0.2, 0) is 6.61 Å². The summed E-state index contributed by atoms with van der Waals surface area (Å²) in [5.41, 5.74) is 0.787. The topological polar surface area (TPSA) is 9.23 Å². The lowest BCUT2D eigenvalue weighted by molar-refractivity contribution is 0.306. The standard InChI is InChI=1S/C13H7BrCl3FO/c14-9-3-7(1-2-12(9)18)6-19-13-10(16)4-8(15)5-11(13)17/h1-5H,6H2. The maximum absolute atomic E-state index is 13.1. The summed E-state index contributed by atoms with van der Waals surface area (Å²) in [6, 6.07) is 7.70. The normalized spacial score (nSPS) is 10.6. The van der Waals surface area contributed by atoms with Crippen molar-refractivity contribution in [1.82, 2.24) is 0 Å². The van der Waals surface area contributed by atoms with Crippen molar-refractivity contribution in [2.75, 3.05) is 0 Å². The molecule has 2 aromatic carbocycles. The minimum Gasteiger partial charge on any atom is -0.486 e. The second-order valence-electron chi connectivity index (χ2n) is 3.74. The zero-order valence-electron chi connectivity index (χ0n) is 9.39. The van der Waals surface area contributed by atoms with E-state index >= 15 is 0 Å². The smallest absolute Gasteiger partial charge is 0.157 e. The van der Waals surface area contributed by atoms with Gasteiger partial charge in [-0.15, -0.1) is 0 Å².